The molecule has 2 aromatic rings. The molecule has 1 aliphatic carbocycles. The molecule has 0 radical (unpaired) electrons. The van der Waals surface area contributed by atoms with Crippen LogP contribution in [-0.4, -0.2) is 24.5 Å². The molecule has 0 aromatic carbocycles. The maximum Gasteiger partial charge on any atom is 0.239 e. The van der Waals surface area contributed by atoms with Crippen molar-refractivity contribution >= 4 is 11.7 Å². The molecule has 3 rings (SSSR count). The van der Waals surface area contributed by atoms with Crippen LogP contribution < -0.4 is 10.2 Å². The minimum atomic E-state index is -0.110. The zero-order chi connectivity index (χ0) is 17.1. The number of hydrogen-bond donors (Lipinski definition) is 1. The highest BCUT2D eigenvalue weighted by atomic mass is 16.3. The highest BCUT2D eigenvalue weighted by molar-refractivity contribution is 5.80. The fourth-order valence-corrected chi connectivity index (χ4v) is 2.62. The summed E-state index contributed by atoms with van der Waals surface area (Å²) in [5.74, 6) is 3.58. The third-order valence-electron chi connectivity index (χ3n) is 4.27. The van der Waals surface area contributed by atoms with Crippen LogP contribution in [0.1, 0.15) is 36.3 Å². The zero-order valence-electron chi connectivity index (χ0n) is 13.8. The molecule has 124 valence electrons. The lowest BCUT2D eigenvalue weighted by molar-refractivity contribution is -0.120. The molecular weight excluding hydrogens is 304 g/mol. The minimum Gasteiger partial charge on any atom is -0.464 e. The van der Waals surface area contributed by atoms with Gasteiger partial charge in [0.05, 0.1) is 18.7 Å². The van der Waals surface area contributed by atoms with Gasteiger partial charge in [0.2, 0.25) is 5.91 Å². The summed E-state index contributed by atoms with van der Waals surface area (Å²) in [7, 11) is 1.79. The van der Waals surface area contributed by atoms with E-state index in [0.29, 0.717) is 29.8 Å². The number of carbonyl (C=O) groups is 1. The summed E-state index contributed by atoms with van der Waals surface area (Å²) in [6.07, 6.45) is 2.68. The summed E-state index contributed by atoms with van der Waals surface area (Å²) in [6.45, 7) is 2.78. The first-order valence-electron chi connectivity index (χ1n) is 7.99. The lowest BCUT2D eigenvalue weighted by atomic mass is 10.3. The predicted molar refractivity (Wildman–Crippen MR) is 89.3 cm³/mol. The van der Waals surface area contributed by atoms with Gasteiger partial charge in [-0.25, -0.2) is 4.98 Å². The largest absolute Gasteiger partial charge is 0.464 e. The average molecular weight is 324 g/mol. The highest BCUT2D eigenvalue weighted by Gasteiger charge is 2.36. The van der Waals surface area contributed by atoms with Crippen molar-refractivity contribution in [1.82, 2.24) is 10.3 Å². The van der Waals surface area contributed by atoms with E-state index < -0.39 is 0 Å². The Kier molecular flexibility index (Phi) is 4.52. The van der Waals surface area contributed by atoms with Crippen LogP contribution in [0.2, 0.25) is 0 Å². The van der Waals surface area contributed by atoms with Crippen LogP contribution in [0.5, 0.6) is 0 Å². The molecule has 1 N–H and O–H groups in total. The van der Waals surface area contributed by atoms with Gasteiger partial charge in [-0.05, 0) is 36.6 Å². The number of aromatic nitrogens is 1. The number of nitrogens with one attached hydrogen (secondary N) is 1. The minimum absolute atomic E-state index is 0.110. The Hall–Kier alpha value is -2.81. The summed E-state index contributed by atoms with van der Waals surface area (Å²) in [5.41, 5.74) is 0.496. The molecule has 1 aliphatic rings. The Balaban J connectivity index is 1.48. The molecule has 0 bridgehead atoms. The van der Waals surface area contributed by atoms with E-state index in [4.69, 9.17) is 9.68 Å². The third kappa shape index (κ3) is 3.74. The van der Waals surface area contributed by atoms with Crippen LogP contribution >= 0.6 is 0 Å². The van der Waals surface area contributed by atoms with E-state index in [1.165, 1.54) is 12.6 Å². The highest BCUT2D eigenvalue weighted by Crippen LogP contribution is 2.47. The van der Waals surface area contributed by atoms with E-state index in [-0.39, 0.29) is 12.5 Å². The quantitative estimate of drug-likeness (QED) is 0.882. The first-order chi connectivity index (χ1) is 11.6. The van der Waals surface area contributed by atoms with Gasteiger partial charge in [-0.15, -0.1) is 0 Å². The molecule has 24 heavy (non-hydrogen) atoms. The van der Waals surface area contributed by atoms with E-state index in [1.54, 1.807) is 24.1 Å². The zero-order valence-corrected chi connectivity index (χ0v) is 13.8. The number of amides is 1. The number of likely N-dealkylation sites (N-methyl/N-ethyl adjacent to an activating group) is 1. The van der Waals surface area contributed by atoms with Crippen LogP contribution in [0.4, 0.5) is 5.82 Å². The van der Waals surface area contributed by atoms with Crippen molar-refractivity contribution in [2.24, 2.45) is 5.92 Å². The summed E-state index contributed by atoms with van der Waals surface area (Å²) in [5, 5.41) is 11.6. The Morgan fingerprint density at radius 2 is 2.25 bits per heavy atom. The number of nitrogens with zero attached hydrogens (tertiary/aromatic N) is 3. The van der Waals surface area contributed by atoms with Crippen LogP contribution in [-0.2, 0) is 11.3 Å². The molecule has 6 heteroatoms. The van der Waals surface area contributed by atoms with Gasteiger partial charge in [0.15, 0.2) is 0 Å². The van der Waals surface area contributed by atoms with Crippen molar-refractivity contribution in [2.45, 2.75) is 25.8 Å². The van der Waals surface area contributed by atoms with Crippen LogP contribution in [0.15, 0.2) is 34.9 Å². The number of rotatable bonds is 6. The Bertz CT molecular complexity index is 760. The van der Waals surface area contributed by atoms with Crippen LogP contribution in [0.25, 0.3) is 0 Å². The third-order valence-corrected chi connectivity index (χ3v) is 4.27. The molecule has 2 aromatic heterocycles. The summed E-state index contributed by atoms with van der Waals surface area (Å²) in [4.78, 5) is 17.9. The molecule has 0 spiro atoms. The van der Waals surface area contributed by atoms with Gasteiger partial charge in [-0.1, -0.05) is 6.92 Å². The van der Waals surface area contributed by atoms with Gasteiger partial charge >= 0.3 is 0 Å². The average Bonchev–Trinajstić information content (AvgIpc) is 3.13. The van der Waals surface area contributed by atoms with Crippen molar-refractivity contribution in [3.63, 3.8) is 0 Å². The van der Waals surface area contributed by atoms with Crippen molar-refractivity contribution in [3.05, 3.63) is 47.5 Å². The summed E-state index contributed by atoms with van der Waals surface area (Å²) < 4.78 is 5.77. The number of hydrogen-bond acceptors (Lipinski definition) is 5. The second-order valence-corrected chi connectivity index (χ2v) is 6.27. The van der Waals surface area contributed by atoms with E-state index in [0.717, 1.165) is 11.5 Å². The van der Waals surface area contributed by atoms with E-state index in [2.05, 4.69) is 17.2 Å². The van der Waals surface area contributed by atoms with Gasteiger partial charge in [0.1, 0.15) is 23.4 Å². The Morgan fingerprint density at radius 1 is 1.46 bits per heavy atom. The number of furan rings is 1. The maximum atomic E-state index is 12.1. The number of pyridine rings is 1. The van der Waals surface area contributed by atoms with Crippen molar-refractivity contribution in [3.8, 4) is 6.07 Å². The van der Waals surface area contributed by atoms with Gasteiger partial charge in [-0.2, -0.15) is 5.26 Å². The SMILES string of the molecule is CC1CC1c1ccc(CNC(=O)CN(C)c2ccc(C#N)cn2)o1. The number of carbonyl (C=O) groups excluding carboxylic acids is 1. The maximum absolute atomic E-state index is 12.1. The predicted octanol–water partition coefficient (Wildman–Crippen LogP) is 2.42. The normalized spacial score (nSPS) is 18.7. The Labute approximate surface area is 141 Å². The van der Waals surface area contributed by atoms with Gasteiger partial charge < -0.3 is 14.6 Å². The fraction of sp³-hybridized carbons (Fsp3) is 0.389. The van der Waals surface area contributed by atoms with Crippen LogP contribution in [0.3, 0.4) is 0 Å². The molecule has 2 heterocycles. The molecule has 0 saturated heterocycles. The molecule has 0 aliphatic heterocycles. The molecule has 1 amide bonds. The molecular formula is C18H20N4O2. The monoisotopic (exact) mass is 324 g/mol. The standard InChI is InChI=1S/C18H20N4O2/c1-12-7-15(12)16-5-4-14(24-16)10-21-18(23)11-22(2)17-6-3-13(8-19)9-20-17/h3-6,9,12,15H,7,10-11H2,1-2H3,(H,21,23). The van der Waals surface area contributed by atoms with Gasteiger partial charge in [-0.3, -0.25) is 4.79 Å². The van der Waals surface area contributed by atoms with E-state index in [9.17, 15) is 4.79 Å². The second-order valence-electron chi connectivity index (χ2n) is 6.27. The van der Waals surface area contributed by atoms with Crippen molar-refractivity contribution < 1.29 is 9.21 Å². The van der Waals surface area contributed by atoms with Crippen LogP contribution in [0, 0.1) is 17.2 Å². The summed E-state index contributed by atoms with van der Waals surface area (Å²) >= 11 is 0. The smallest absolute Gasteiger partial charge is 0.239 e. The van der Waals surface area contributed by atoms with E-state index >= 15 is 0 Å². The molecule has 2 atom stereocenters. The molecule has 1 saturated carbocycles. The number of anilines is 1. The topological polar surface area (TPSA) is 82.2 Å². The van der Waals surface area contributed by atoms with Gasteiger partial charge in [0, 0.05) is 19.2 Å². The molecule has 2 unspecified atom stereocenters. The Morgan fingerprint density at radius 3 is 2.88 bits per heavy atom. The first-order valence-corrected chi connectivity index (χ1v) is 7.99. The molecule has 6 nitrogen and oxygen atoms in total. The number of nitriles is 1. The van der Waals surface area contributed by atoms with E-state index in [1.807, 2.05) is 18.2 Å². The second kappa shape index (κ2) is 6.75. The van der Waals surface area contributed by atoms with Crippen molar-refractivity contribution in [1.29, 1.82) is 5.26 Å². The molecule has 1 fully saturated rings. The lowest BCUT2D eigenvalue weighted by Crippen LogP contribution is -2.35. The summed E-state index contributed by atoms with van der Waals surface area (Å²) in [6, 6.07) is 9.35. The van der Waals surface area contributed by atoms with Gasteiger partial charge in [0.25, 0.3) is 0 Å². The van der Waals surface area contributed by atoms with Crippen molar-refractivity contribution in [2.75, 3.05) is 18.5 Å². The lowest BCUT2D eigenvalue weighted by Gasteiger charge is -2.17. The fourth-order valence-electron chi connectivity index (χ4n) is 2.62. The first kappa shape index (κ1) is 16.1.